The number of benzene rings is 2. The molecule has 3 aliphatic heterocycles. The predicted octanol–water partition coefficient (Wildman–Crippen LogP) is -1.40. The van der Waals surface area contributed by atoms with E-state index in [2.05, 4.69) is 45.8 Å². The van der Waals surface area contributed by atoms with Gasteiger partial charge in [0.05, 0.1) is 48.7 Å². The Bertz CT molecular complexity index is 1680. The summed E-state index contributed by atoms with van der Waals surface area (Å²) in [5.41, 5.74) is 2.72. The van der Waals surface area contributed by atoms with Crippen LogP contribution in [-0.2, 0) is 20.8 Å². The Kier molecular flexibility index (Phi) is 11.7. The minimum absolute atomic E-state index is 0.0279. The molecule has 0 aliphatic carbocycles. The smallest absolute Gasteiger partial charge is 0.240 e. The fraction of sp³-hybridized carbons (Fsp3) is 0.541. The highest BCUT2D eigenvalue weighted by Crippen LogP contribution is 2.31. The lowest BCUT2D eigenvalue weighted by atomic mass is 9.98. The third-order valence-corrected chi connectivity index (χ3v) is 9.74. The highest BCUT2D eigenvalue weighted by molar-refractivity contribution is 6.09. The second-order valence-electron chi connectivity index (χ2n) is 13.4. The maximum absolute atomic E-state index is 13.4. The summed E-state index contributed by atoms with van der Waals surface area (Å²) in [6, 6.07) is 11.2. The average Bonchev–Trinajstić information content (AvgIpc) is 3.41. The quantitative estimate of drug-likeness (QED) is 0.145. The minimum atomic E-state index is -1.22. The van der Waals surface area contributed by atoms with Gasteiger partial charge in [0.1, 0.15) is 31.0 Å². The van der Waals surface area contributed by atoms with Crippen LogP contribution < -0.4 is 5.32 Å². The van der Waals surface area contributed by atoms with Crippen LogP contribution >= 0.6 is 0 Å². The summed E-state index contributed by atoms with van der Waals surface area (Å²) >= 11 is 0. The van der Waals surface area contributed by atoms with Gasteiger partial charge in [0.15, 0.2) is 0 Å². The van der Waals surface area contributed by atoms with Gasteiger partial charge in [-0.25, -0.2) is 0 Å². The van der Waals surface area contributed by atoms with Gasteiger partial charge < -0.3 is 54.9 Å². The molecule has 3 fully saturated rings. The van der Waals surface area contributed by atoms with Gasteiger partial charge in [-0.1, -0.05) is 35.8 Å². The van der Waals surface area contributed by atoms with E-state index in [1.54, 1.807) is 0 Å². The van der Waals surface area contributed by atoms with Gasteiger partial charge in [0, 0.05) is 74.0 Å². The van der Waals surface area contributed by atoms with E-state index in [9.17, 15) is 35.4 Å². The van der Waals surface area contributed by atoms with Crippen molar-refractivity contribution < 1.29 is 44.9 Å². The molecule has 2 aromatic carbocycles. The van der Waals surface area contributed by atoms with E-state index < -0.39 is 48.8 Å². The predicted molar refractivity (Wildman–Crippen MR) is 185 cm³/mol. The molecule has 8 unspecified atom stereocenters. The number of nitrogens with one attached hydrogen (secondary N) is 1. The number of carbonyl (C=O) groups excluding carboxylic acids is 1. The van der Waals surface area contributed by atoms with E-state index in [1.807, 2.05) is 41.0 Å². The molecule has 4 heterocycles. The van der Waals surface area contributed by atoms with E-state index >= 15 is 0 Å². The topological polar surface area (TPSA) is 180 Å². The zero-order valence-electron chi connectivity index (χ0n) is 28.1. The first kappa shape index (κ1) is 36.2. The van der Waals surface area contributed by atoms with Crippen molar-refractivity contribution in [1.29, 1.82) is 0 Å². The Labute approximate surface area is 291 Å². The molecule has 13 nitrogen and oxygen atoms in total. The molecule has 0 spiro atoms. The molecule has 1 amide bonds. The molecule has 6 rings (SSSR count). The summed E-state index contributed by atoms with van der Waals surface area (Å²) in [4.78, 5) is 18.0. The highest BCUT2D eigenvalue weighted by atomic mass is 16.5. The molecule has 3 aliphatic rings. The van der Waals surface area contributed by atoms with Crippen LogP contribution in [0.15, 0.2) is 36.4 Å². The van der Waals surface area contributed by atoms with E-state index in [-0.39, 0.29) is 38.5 Å². The van der Waals surface area contributed by atoms with Gasteiger partial charge in [-0.15, -0.1) is 0 Å². The standard InChI is InChI=1S/C37H46N4O9/c1-39-12-14-40(15-13-39)11-10-38-35(46)20-41-29-16-23(4-8-33-36(47)31(44)18-25(21-42)49-33)2-6-27(29)28-7-3-24(17-30(28)41)5-9-34-37(48)32(45)19-26(22-43)50-34/h2-3,6-7,16-17,25-26,31-34,36-37,42-45,47-48H,10-15,18-22H2,1H3,(H,38,46). The van der Waals surface area contributed by atoms with Crippen molar-refractivity contribution in [3.05, 3.63) is 47.5 Å². The number of ether oxygens (including phenoxy) is 2. The summed E-state index contributed by atoms with van der Waals surface area (Å²) < 4.78 is 13.3. The van der Waals surface area contributed by atoms with Crippen LogP contribution in [0.25, 0.3) is 21.8 Å². The normalized spacial score (nSPS) is 29.3. The van der Waals surface area contributed by atoms with Crippen LogP contribution in [-0.4, -0.2) is 159 Å². The lowest BCUT2D eigenvalue weighted by Crippen LogP contribution is -2.48. The Morgan fingerprint density at radius 1 is 0.800 bits per heavy atom. The molecule has 13 heteroatoms. The Balaban J connectivity index is 1.29. The monoisotopic (exact) mass is 690 g/mol. The van der Waals surface area contributed by atoms with Gasteiger partial charge in [0.2, 0.25) is 5.91 Å². The number of aromatic nitrogens is 1. The van der Waals surface area contributed by atoms with Gasteiger partial charge >= 0.3 is 0 Å². The third-order valence-electron chi connectivity index (χ3n) is 9.74. The first-order valence-electron chi connectivity index (χ1n) is 17.1. The third kappa shape index (κ3) is 8.31. The largest absolute Gasteiger partial charge is 0.394 e. The number of carbonyl (C=O) groups is 1. The van der Waals surface area contributed by atoms with Crippen molar-refractivity contribution in [3.63, 3.8) is 0 Å². The number of hydrogen-bond acceptors (Lipinski definition) is 11. The molecule has 0 saturated carbocycles. The molecule has 7 N–H and O–H groups in total. The van der Waals surface area contributed by atoms with Crippen LogP contribution in [0.5, 0.6) is 0 Å². The number of aliphatic hydroxyl groups excluding tert-OH is 6. The van der Waals surface area contributed by atoms with Crippen molar-refractivity contribution in [2.75, 3.05) is 59.5 Å². The van der Waals surface area contributed by atoms with Crippen molar-refractivity contribution in [3.8, 4) is 23.7 Å². The second-order valence-corrected chi connectivity index (χ2v) is 13.4. The maximum atomic E-state index is 13.4. The molecule has 50 heavy (non-hydrogen) atoms. The number of likely N-dealkylation sites (N-methyl/N-ethyl adjacent to an activating group) is 1. The number of amides is 1. The zero-order valence-corrected chi connectivity index (χ0v) is 28.1. The van der Waals surface area contributed by atoms with E-state index in [4.69, 9.17) is 9.47 Å². The zero-order chi connectivity index (χ0) is 35.4. The van der Waals surface area contributed by atoms with Crippen LogP contribution in [0.1, 0.15) is 24.0 Å². The first-order chi connectivity index (χ1) is 24.1. The Morgan fingerprint density at radius 3 is 1.78 bits per heavy atom. The summed E-state index contributed by atoms with van der Waals surface area (Å²) in [6.07, 6.45) is -7.54. The number of hydrogen-bond donors (Lipinski definition) is 7. The van der Waals surface area contributed by atoms with Gasteiger partial charge in [-0.3, -0.25) is 9.69 Å². The average molecular weight is 691 g/mol. The highest BCUT2D eigenvalue weighted by Gasteiger charge is 2.36. The van der Waals surface area contributed by atoms with Gasteiger partial charge in [-0.05, 0) is 31.3 Å². The van der Waals surface area contributed by atoms with E-state index in [0.717, 1.165) is 54.5 Å². The fourth-order valence-electron chi connectivity index (χ4n) is 6.74. The minimum Gasteiger partial charge on any atom is -0.394 e. The van der Waals surface area contributed by atoms with Gasteiger partial charge in [0.25, 0.3) is 0 Å². The summed E-state index contributed by atoms with van der Waals surface area (Å²) in [7, 11) is 2.10. The number of rotatable bonds is 7. The number of aliphatic hydroxyl groups is 6. The molecule has 3 aromatic rings. The summed E-state index contributed by atoms with van der Waals surface area (Å²) in [5, 5.41) is 65.2. The lowest BCUT2D eigenvalue weighted by Gasteiger charge is -2.33. The van der Waals surface area contributed by atoms with Crippen molar-refractivity contribution in [1.82, 2.24) is 19.7 Å². The van der Waals surface area contributed by atoms with E-state index in [0.29, 0.717) is 17.7 Å². The van der Waals surface area contributed by atoms with Crippen LogP contribution in [0, 0.1) is 23.7 Å². The second kappa shape index (κ2) is 16.2. The molecule has 1 aromatic heterocycles. The van der Waals surface area contributed by atoms with Crippen LogP contribution in [0.3, 0.4) is 0 Å². The fourth-order valence-corrected chi connectivity index (χ4v) is 6.74. The lowest BCUT2D eigenvalue weighted by molar-refractivity contribution is -0.157. The van der Waals surface area contributed by atoms with Crippen molar-refractivity contribution in [2.45, 2.75) is 68.2 Å². The number of piperazine rings is 1. The molecule has 3 saturated heterocycles. The molecule has 268 valence electrons. The summed E-state index contributed by atoms with van der Waals surface area (Å²) in [5.74, 6) is 11.7. The van der Waals surface area contributed by atoms with Crippen molar-refractivity contribution in [2.24, 2.45) is 0 Å². The molecule has 0 bridgehead atoms. The Morgan fingerprint density at radius 2 is 1.30 bits per heavy atom. The van der Waals surface area contributed by atoms with E-state index in [1.165, 1.54) is 0 Å². The number of nitrogens with zero attached hydrogens (tertiary/aromatic N) is 3. The molecule has 0 radical (unpaired) electrons. The van der Waals surface area contributed by atoms with Crippen LogP contribution in [0.2, 0.25) is 0 Å². The first-order valence-corrected chi connectivity index (χ1v) is 17.1. The van der Waals surface area contributed by atoms with Gasteiger partial charge in [-0.2, -0.15) is 0 Å². The summed E-state index contributed by atoms with van der Waals surface area (Å²) in [6.45, 7) is 4.61. The number of fused-ring (bicyclic) bond motifs is 3. The van der Waals surface area contributed by atoms with Crippen molar-refractivity contribution >= 4 is 27.7 Å². The van der Waals surface area contributed by atoms with Crippen LogP contribution in [0.4, 0.5) is 0 Å². The molecular formula is C37H46N4O9. The molecule has 8 atom stereocenters. The SMILES string of the molecule is CN1CCN(CCNC(=O)Cn2c3cc(C#CC4OC(CO)CC(O)C4O)ccc3c3ccc(C#CC4OC(CO)CC(O)C4O)cc32)CC1. The molecular weight excluding hydrogens is 644 g/mol. The Hall–Kier alpha value is -3.57. The maximum Gasteiger partial charge on any atom is 0.240 e.